The standard InChI is InChI=1S/C21H18N6O2/c28-21(16-5-1-7-17(12-16)27-14-23-24-25-27)26-11-9-18(13-26)29-19-8-2-4-15-6-3-10-22-20(15)19/h1-8,10,12,14,18H,9,11,13H2. The number of para-hydroxylation sites is 1. The van der Waals surface area contributed by atoms with Crippen LogP contribution in [0, 0.1) is 0 Å². The van der Waals surface area contributed by atoms with Gasteiger partial charge in [-0.2, -0.15) is 0 Å². The highest BCUT2D eigenvalue weighted by Crippen LogP contribution is 2.26. The van der Waals surface area contributed by atoms with Crippen LogP contribution in [0.15, 0.2) is 67.1 Å². The molecule has 0 N–H and O–H groups in total. The molecule has 2 aromatic heterocycles. The number of amides is 1. The second-order valence-corrected chi connectivity index (χ2v) is 6.92. The SMILES string of the molecule is O=C(c1cccc(-n2cnnn2)c1)N1CCC(Oc2cccc3cccnc23)C1. The number of pyridine rings is 1. The Labute approximate surface area is 166 Å². The highest BCUT2D eigenvalue weighted by atomic mass is 16.5. The third kappa shape index (κ3) is 3.40. The number of ether oxygens (including phenoxy) is 1. The maximum atomic E-state index is 13.0. The zero-order chi connectivity index (χ0) is 19.6. The topological polar surface area (TPSA) is 86.0 Å². The third-order valence-corrected chi connectivity index (χ3v) is 5.03. The monoisotopic (exact) mass is 386 g/mol. The van der Waals surface area contributed by atoms with Crippen LogP contribution in [0.4, 0.5) is 0 Å². The summed E-state index contributed by atoms with van der Waals surface area (Å²) in [5.74, 6) is 0.727. The number of hydrogen-bond donors (Lipinski definition) is 0. The van der Waals surface area contributed by atoms with Gasteiger partial charge in [-0.3, -0.25) is 9.78 Å². The van der Waals surface area contributed by atoms with Crippen molar-refractivity contribution >= 4 is 16.8 Å². The second kappa shape index (κ2) is 7.31. The number of carbonyl (C=O) groups is 1. The van der Waals surface area contributed by atoms with Gasteiger partial charge in [0.2, 0.25) is 0 Å². The van der Waals surface area contributed by atoms with E-state index in [9.17, 15) is 4.79 Å². The molecule has 0 aliphatic carbocycles. The lowest BCUT2D eigenvalue weighted by Crippen LogP contribution is -2.31. The summed E-state index contributed by atoms with van der Waals surface area (Å²) in [6.45, 7) is 1.19. The van der Waals surface area contributed by atoms with Crippen LogP contribution in [-0.4, -0.2) is 55.2 Å². The minimum Gasteiger partial charge on any atom is -0.486 e. The van der Waals surface area contributed by atoms with Gasteiger partial charge in [-0.25, -0.2) is 4.68 Å². The number of benzene rings is 2. The molecule has 1 aliphatic heterocycles. The predicted molar refractivity (Wildman–Crippen MR) is 106 cm³/mol. The van der Waals surface area contributed by atoms with Crippen molar-refractivity contribution in [3.8, 4) is 11.4 Å². The van der Waals surface area contributed by atoms with Crippen LogP contribution in [0.3, 0.4) is 0 Å². The molecule has 144 valence electrons. The quantitative estimate of drug-likeness (QED) is 0.536. The fraction of sp³-hybridized carbons (Fsp3) is 0.190. The highest BCUT2D eigenvalue weighted by Gasteiger charge is 2.29. The van der Waals surface area contributed by atoms with Gasteiger partial charge in [-0.15, -0.1) is 5.10 Å². The number of carbonyl (C=O) groups excluding carboxylic acids is 1. The van der Waals surface area contributed by atoms with Crippen molar-refractivity contribution < 1.29 is 9.53 Å². The molecule has 29 heavy (non-hydrogen) atoms. The van der Waals surface area contributed by atoms with E-state index < -0.39 is 0 Å². The fourth-order valence-corrected chi connectivity index (χ4v) is 3.60. The molecule has 0 saturated carbocycles. The lowest BCUT2D eigenvalue weighted by atomic mass is 10.2. The van der Waals surface area contributed by atoms with E-state index in [4.69, 9.17) is 4.74 Å². The van der Waals surface area contributed by atoms with Crippen molar-refractivity contribution in [2.75, 3.05) is 13.1 Å². The maximum Gasteiger partial charge on any atom is 0.254 e. The van der Waals surface area contributed by atoms with E-state index in [-0.39, 0.29) is 12.0 Å². The molecule has 2 aromatic carbocycles. The Bertz CT molecular complexity index is 1160. The maximum absolute atomic E-state index is 13.0. The van der Waals surface area contributed by atoms with Gasteiger partial charge in [0, 0.05) is 30.1 Å². The normalized spacial score (nSPS) is 16.3. The van der Waals surface area contributed by atoms with Crippen LogP contribution < -0.4 is 4.74 Å². The molecule has 5 rings (SSSR count). The molecular formula is C21H18N6O2. The summed E-state index contributed by atoms with van der Waals surface area (Å²) in [6, 6.07) is 17.1. The number of rotatable bonds is 4. The lowest BCUT2D eigenvalue weighted by molar-refractivity contribution is 0.0772. The lowest BCUT2D eigenvalue weighted by Gasteiger charge is -2.18. The molecule has 1 unspecified atom stereocenters. The number of likely N-dealkylation sites (tertiary alicyclic amines) is 1. The van der Waals surface area contributed by atoms with Gasteiger partial charge >= 0.3 is 0 Å². The minimum atomic E-state index is -0.0609. The van der Waals surface area contributed by atoms with E-state index in [1.54, 1.807) is 18.3 Å². The van der Waals surface area contributed by atoms with Crippen LogP contribution in [0.25, 0.3) is 16.6 Å². The van der Waals surface area contributed by atoms with Crippen LogP contribution in [-0.2, 0) is 0 Å². The first-order valence-corrected chi connectivity index (χ1v) is 9.41. The van der Waals surface area contributed by atoms with Crippen molar-refractivity contribution in [2.45, 2.75) is 12.5 Å². The summed E-state index contributed by atoms with van der Waals surface area (Å²) < 4.78 is 7.73. The number of hydrogen-bond acceptors (Lipinski definition) is 6. The molecule has 0 spiro atoms. The van der Waals surface area contributed by atoms with Gasteiger partial charge in [0.15, 0.2) is 0 Å². The van der Waals surface area contributed by atoms with Gasteiger partial charge in [-0.05, 0) is 40.8 Å². The molecular weight excluding hydrogens is 368 g/mol. The Morgan fingerprint density at radius 1 is 1.10 bits per heavy atom. The Morgan fingerprint density at radius 2 is 2.00 bits per heavy atom. The zero-order valence-electron chi connectivity index (χ0n) is 15.5. The summed E-state index contributed by atoms with van der Waals surface area (Å²) in [6.07, 6.45) is 3.98. The van der Waals surface area contributed by atoms with Crippen LogP contribution >= 0.6 is 0 Å². The molecule has 1 fully saturated rings. The zero-order valence-corrected chi connectivity index (χ0v) is 15.5. The molecule has 4 aromatic rings. The summed E-state index contributed by atoms with van der Waals surface area (Å²) in [4.78, 5) is 19.2. The molecule has 0 bridgehead atoms. The molecule has 0 radical (unpaired) electrons. The summed E-state index contributed by atoms with van der Waals surface area (Å²) in [7, 11) is 0. The van der Waals surface area contributed by atoms with Gasteiger partial charge in [0.25, 0.3) is 5.91 Å². The molecule has 1 saturated heterocycles. The van der Waals surface area contributed by atoms with E-state index in [1.165, 1.54) is 11.0 Å². The van der Waals surface area contributed by atoms with E-state index in [1.807, 2.05) is 47.4 Å². The average molecular weight is 386 g/mol. The largest absolute Gasteiger partial charge is 0.486 e. The van der Waals surface area contributed by atoms with Crippen molar-refractivity contribution in [3.05, 3.63) is 72.7 Å². The summed E-state index contributed by atoms with van der Waals surface area (Å²) in [5.41, 5.74) is 2.19. The molecule has 1 atom stereocenters. The van der Waals surface area contributed by atoms with Gasteiger partial charge in [-0.1, -0.05) is 24.3 Å². The highest BCUT2D eigenvalue weighted by molar-refractivity contribution is 5.95. The van der Waals surface area contributed by atoms with Gasteiger partial charge in [0.05, 0.1) is 12.2 Å². The molecule has 1 aliphatic rings. The van der Waals surface area contributed by atoms with Crippen molar-refractivity contribution in [1.82, 2.24) is 30.1 Å². The van der Waals surface area contributed by atoms with Crippen LogP contribution in [0.5, 0.6) is 5.75 Å². The predicted octanol–water partition coefficient (Wildman–Crippen LogP) is 2.50. The Hall–Kier alpha value is -3.81. The second-order valence-electron chi connectivity index (χ2n) is 6.92. The summed E-state index contributed by atoms with van der Waals surface area (Å²) >= 11 is 0. The molecule has 8 nitrogen and oxygen atoms in total. The number of aromatic nitrogens is 5. The van der Waals surface area contributed by atoms with E-state index in [0.29, 0.717) is 18.7 Å². The Balaban J connectivity index is 1.31. The third-order valence-electron chi connectivity index (χ3n) is 5.03. The number of fused-ring (bicyclic) bond motifs is 1. The van der Waals surface area contributed by atoms with Crippen molar-refractivity contribution in [3.63, 3.8) is 0 Å². The van der Waals surface area contributed by atoms with Crippen molar-refractivity contribution in [2.24, 2.45) is 0 Å². The molecule has 1 amide bonds. The van der Waals surface area contributed by atoms with E-state index in [0.717, 1.165) is 28.8 Å². The van der Waals surface area contributed by atoms with Gasteiger partial charge in [0.1, 0.15) is 23.7 Å². The average Bonchev–Trinajstić information content (AvgIpc) is 3.46. The van der Waals surface area contributed by atoms with Crippen molar-refractivity contribution in [1.29, 1.82) is 0 Å². The fourth-order valence-electron chi connectivity index (χ4n) is 3.60. The van der Waals surface area contributed by atoms with Crippen LogP contribution in [0.2, 0.25) is 0 Å². The molecule has 8 heteroatoms. The van der Waals surface area contributed by atoms with Crippen LogP contribution in [0.1, 0.15) is 16.8 Å². The smallest absolute Gasteiger partial charge is 0.254 e. The Morgan fingerprint density at radius 3 is 2.90 bits per heavy atom. The Kier molecular flexibility index (Phi) is 4.36. The number of nitrogens with zero attached hydrogens (tertiary/aromatic N) is 6. The van der Waals surface area contributed by atoms with E-state index in [2.05, 4.69) is 20.5 Å². The minimum absolute atomic E-state index is 0.0259. The van der Waals surface area contributed by atoms with Gasteiger partial charge < -0.3 is 9.64 Å². The first-order valence-electron chi connectivity index (χ1n) is 9.41. The van der Waals surface area contributed by atoms with E-state index >= 15 is 0 Å². The number of tetrazole rings is 1. The first kappa shape index (κ1) is 17.3. The first-order chi connectivity index (χ1) is 14.3. The summed E-state index contributed by atoms with van der Waals surface area (Å²) in [5, 5.41) is 12.2. The molecule has 3 heterocycles.